The Balaban J connectivity index is 1.31. The first-order chi connectivity index (χ1) is 24.0. The zero-order valence-corrected chi connectivity index (χ0v) is 30.8. The van der Waals surface area contributed by atoms with Gasteiger partial charge in [0.2, 0.25) is 0 Å². The SMILES string of the molecule is Cc1cc(C(C)C)c(-c2cnn(-c3cc(Oc4ccc5c6ccccc6n(-c6cc(C(C)C)ccn6)c5c4)cc(C(C)C)c3)c2)c(C(C)C)c1. The van der Waals surface area contributed by atoms with E-state index in [0.717, 1.165) is 39.6 Å². The van der Waals surface area contributed by atoms with E-state index in [1.54, 1.807) is 0 Å². The van der Waals surface area contributed by atoms with Crippen molar-refractivity contribution in [1.29, 1.82) is 0 Å². The molecule has 0 saturated carbocycles. The van der Waals surface area contributed by atoms with Crippen LogP contribution in [-0.2, 0) is 0 Å². The predicted octanol–water partition coefficient (Wildman–Crippen LogP) is 12.6. The van der Waals surface area contributed by atoms with E-state index in [1.807, 2.05) is 17.1 Å². The van der Waals surface area contributed by atoms with Gasteiger partial charge in [0, 0.05) is 40.9 Å². The van der Waals surface area contributed by atoms with Crippen molar-refractivity contribution in [2.45, 2.75) is 86.0 Å². The summed E-state index contributed by atoms with van der Waals surface area (Å²) in [6.07, 6.45) is 6.10. The quantitative estimate of drug-likeness (QED) is 0.155. The fraction of sp³-hybridized carbons (Fsp3) is 0.289. The van der Waals surface area contributed by atoms with Gasteiger partial charge >= 0.3 is 0 Å². The largest absolute Gasteiger partial charge is 0.457 e. The van der Waals surface area contributed by atoms with Crippen molar-refractivity contribution in [3.8, 4) is 34.1 Å². The lowest BCUT2D eigenvalue weighted by Crippen LogP contribution is -2.01. The fourth-order valence-corrected chi connectivity index (χ4v) is 7.12. The van der Waals surface area contributed by atoms with Crippen LogP contribution in [0.25, 0.3) is 44.4 Å². The molecule has 0 fully saturated rings. The van der Waals surface area contributed by atoms with Gasteiger partial charge in [-0.25, -0.2) is 9.67 Å². The molecular formula is C45H48N4O. The summed E-state index contributed by atoms with van der Waals surface area (Å²) in [4.78, 5) is 4.82. The van der Waals surface area contributed by atoms with E-state index in [2.05, 4.69) is 158 Å². The monoisotopic (exact) mass is 660 g/mol. The summed E-state index contributed by atoms with van der Waals surface area (Å²) >= 11 is 0. The molecule has 0 atom stereocenters. The minimum atomic E-state index is 0.314. The molecule has 0 aliphatic rings. The number of aryl methyl sites for hydroxylation is 1. The Bertz CT molecular complexity index is 2310. The normalized spacial score (nSPS) is 12.0. The van der Waals surface area contributed by atoms with E-state index in [9.17, 15) is 0 Å². The number of aromatic nitrogens is 4. The molecule has 0 radical (unpaired) electrons. The summed E-state index contributed by atoms with van der Waals surface area (Å²) in [7, 11) is 0. The lowest BCUT2D eigenvalue weighted by Gasteiger charge is -2.20. The summed E-state index contributed by atoms with van der Waals surface area (Å²) in [5.74, 6) is 4.00. The second kappa shape index (κ2) is 13.3. The first kappa shape index (κ1) is 33.3. The van der Waals surface area contributed by atoms with Crippen molar-refractivity contribution in [1.82, 2.24) is 19.3 Å². The molecule has 0 N–H and O–H groups in total. The molecule has 7 aromatic rings. The zero-order valence-electron chi connectivity index (χ0n) is 30.8. The van der Waals surface area contributed by atoms with E-state index < -0.39 is 0 Å². The lowest BCUT2D eigenvalue weighted by atomic mass is 9.84. The highest BCUT2D eigenvalue weighted by Gasteiger charge is 2.20. The Morgan fingerprint density at radius 1 is 0.620 bits per heavy atom. The van der Waals surface area contributed by atoms with Crippen molar-refractivity contribution >= 4 is 21.8 Å². The summed E-state index contributed by atoms with van der Waals surface area (Å²) in [5, 5.41) is 7.28. The summed E-state index contributed by atoms with van der Waals surface area (Å²) in [5.41, 5.74) is 12.1. The molecule has 0 aliphatic heterocycles. The number of pyridine rings is 1. The molecule has 4 aromatic carbocycles. The highest BCUT2D eigenvalue weighted by atomic mass is 16.5. The Labute approximate surface area is 296 Å². The molecule has 0 bridgehead atoms. The molecule has 0 unspecified atom stereocenters. The lowest BCUT2D eigenvalue weighted by molar-refractivity contribution is 0.481. The zero-order chi connectivity index (χ0) is 35.3. The van der Waals surface area contributed by atoms with E-state index in [1.165, 1.54) is 44.2 Å². The molecule has 5 heteroatoms. The van der Waals surface area contributed by atoms with Crippen LogP contribution in [0, 0.1) is 6.92 Å². The molecule has 7 rings (SSSR count). The van der Waals surface area contributed by atoms with Gasteiger partial charge in [0.05, 0.1) is 22.9 Å². The second-order valence-corrected chi connectivity index (χ2v) is 15.0. The van der Waals surface area contributed by atoms with Crippen LogP contribution in [0.1, 0.15) is 107 Å². The van der Waals surface area contributed by atoms with Crippen molar-refractivity contribution < 1.29 is 4.74 Å². The van der Waals surface area contributed by atoms with Crippen LogP contribution in [0.5, 0.6) is 11.5 Å². The molecule has 3 heterocycles. The van der Waals surface area contributed by atoms with Crippen molar-refractivity contribution in [3.63, 3.8) is 0 Å². The highest BCUT2D eigenvalue weighted by molar-refractivity contribution is 6.09. The summed E-state index contributed by atoms with van der Waals surface area (Å²) < 4.78 is 11.0. The van der Waals surface area contributed by atoms with Crippen LogP contribution in [0.4, 0.5) is 0 Å². The van der Waals surface area contributed by atoms with Gasteiger partial charge in [-0.05, 0) is 101 Å². The maximum atomic E-state index is 6.72. The van der Waals surface area contributed by atoms with E-state index in [4.69, 9.17) is 14.8 Å². The number of ether oxygens (including phenoxy) is 1. The van der Waals surface area contributed by atoms with Crippen LogP contribution in [0.2, 0.25) is 0 Å². The molecular weight excluding hydrogens is 613 g/mol. The number of rotatable bonds is 9. The Kier molecular flexibility index (Phi) is 8.86. The fourth-order valence-electron chi connectivity index (χ4n) is 7.12. The average Bonchev–Trinajstić information content (AvgIpc) is 3.71. The molecule has 0 spiro atoms. The third-order valence-corrected chi connectivity index (χ3v) is 9.85. The highest BCUT2D eigenvalue weighted by Crippen LogP contribution is 2.39. The van der Waals surface area contributed by atoms with Gasteiger partial charge in [-0.3, -0.25) is 4.57 Å². The standard InChI is InChI=1S/C45H48N4O/c1-27(2)32-16-17-46-44(22-32)49-42-13-11-10-12-38(42)39-15-14-36(24-43(39)49)50-37-21-33(28(3)4)20-35(23-37)48-26-34(25-47-48)45-40(29(5)6)18-31(9)19-41(45)30(7)8/h10-30H,1-9H3. The molecule has 50 heavy (non-hydrogen) atoms. The Hall–Kier alpha value is -5.16. The van der Waals surface area contributed by atoms with Crippen molar-refractivity contribution in [2.75, 3.05) is 0 Å². The molecule has 0 saturated heterocycles. The maximum absolute atomic E-state index is 6.72. The third kappa shape index (κ3) is 6.22. The molecule has 3 aromatic heterocycles. The number of nitrogens with zero attached hydrogens (tertiary/aromatic N) is 4. The van der Waals surface area contributed by atoms with Gasteiger partial charge in [0.1, 0.15) is 17.3 Å². The van der Waals surface area contributed by atoms with Crippen LogP contribution >= 0.6 is 0 Å². The molecule has 254 valence electrons. The minimum absolute atomic E-state index is 0.314. The number of benzene rings is 4. The van der Waals surface area contributed by atoms with Gasteiger partial charge in [0.25, 0.3) is 0 Å². The van der Waals surface area contributed by atoms with Gasteiger partial charge < -0.3 is 4.74 Å². The van der Waals surface area contributed by atoms with E-state index in [0.29, 0.717) is 23.7 Å². The van der Waals surface area contributed by atoms with Crippen LogP contribution in [-0.4, -0.2) is 19.3 Å². The number of hydrogen-bond acceptors (Lipinski definition) is 3. The maximum Gasteiger partial charge on any atom is 0.137 e. The van der Waals surface area contributed by atoms with Gasteiger partial charge in [-0.1, -0.05) is 91.3 Å². The molecule has 5 nitrogen and oxygen atoms in total. The van der Waals surface area contributed by atoms with Crippen molar-refractivity contribution in [2.24, 2.45) is 0 Å². The molecule has 0 amide bonds. The molecule has 0 aliphatic carbocycles. The third-order valence-electron chi connectivity index (χ3n) is 9.85. The smallest absolute Gasteiger partial charge is 0.137 e. The minimum Gasteiger partial charge on any atom is -0.457 e. The first-order valence-corrected chi connectivity index (χ1v) is 18.0. The second-order valence-electron chi connectivity index (χ2n) is 15.0. The van der Waals surface area contributed by atoms with Gasteiger partial charge in [-0.2, -0.15) is 5.10 Å². The van der Waals surface area contributed by atoms with E-state index in [-0.39, 0.29) is 0 Å². The topological polar surface area (TPSA) is 44.9 Å². The van der Waals surface area contributed by atoms with Crippen LogP contribution < -0.4 is 4.74 Å². The van der Waals surface area contributed by atoms with Crippen LogP contribution in [0.3, 0.4) is 0 Å². The van der Waals surface area contributed by atoms with E-state index >= 15 is 0 Å². The van der Waals surface area contributed by atoms with Crippen LogP contribution in [0.15, 0.2) is 104 Å². The number of hydrogen-bond donors (Lipinski definition) is 0. The van der Waals surface area contributed by atoms with Crippen molar-refractivity contribution in [3.05, 3.63) is 131 Å². The Morgan fingerprint density at radius 3 is 2.02 bits per heavy atom. The van der Waals surface area contributed by atoms with Gasteiger partial charge in [0.15, 0.2) is 0 Å². The first-order valence-electron chi connectivity index (χ1n) is 18.0. The summed E-state index contributed by atoms with van der Waals surface area (Å²) in [6, 6.07) is 30.4. The predicted molar refractivity (Wildman–Crippen MR) is 209 cm³/mol. The summed E-state index contributed by atoms with van der Waals surface area (Å²) in [6.45, 7) is 20.2. The Morgan fingerprint density at radius 2 is 1.32 bits per heavy atom. The van der Waals surface area contributed by atoms with Gasteiger partial charge in [-0.15, -0.1) is 0 Å². The average molecular weight is 661 g/mol. The number of para-hydroxylation sites is 1. The number of fused-ring (bicyclic) bond motifs is 3.